The molecule has 2 N–H and O–H groups in total. The zero-order valence-electron chi connectivity index (χ0n) is 18.0. The van der Waals surface area contributed by atoms with Crippen LogP contribution in [0.1, 0.15) is 66.2 Å². The molecule has 0 bridgehead atoms. The average Bonchev–Trinajstić information content (AvgIpc) is 3.43. The number of hydrogen-bond donors (Lipinski definition) is 2. The third-order valence-corrected chi connectivity index (χ3v) is 6.63. The third kappa shape index (κ3) is 3.92. The Morgan fingerprint density at radius 3 is 2.84 bits per heavy atom. The molecule has 9 heteroatoms. The van der Waals surface area contributed by atoms with Crippen LogP contribution < -0.4 is 10.2 Å². The molecule has 8 nitrogen and oxygen atoms in total. The fourth-order valence-electron chi connectivity index (χ4n) is 4.89. The Kier molecular flexibility index (Phi) is 5.50. The number of aliphatic hydroxyl groups excluding tert-OH is 1. The van der Waals surface area contributed by atoms with Crippen LogP contribution in [0.5, 0.6) is 0 Å². The lowest BCUT2D eigenvalue weighted by atomic mass is 9.93. The van der Waals surface area contributed by atoms with Crippen molar-refractivity contribution in [3.05, 3.63) is 53.4 Å². The lowest BCUT2D eigenvalue weighted by molar-refractivity contribution is 0.0869. The van der Waals surface area contributed by atoms with Crippen LogP contribution in [-0.4, -0.2) is 49.3 Å². The molecule has 2 aliphatic rings. The molecule has 1 saturated carbocycles. The second-order valence-electron chi connectivity index (χ2n) is 8.77. The number of nitrogens with zero attached hydrogens (tertiary/aromatic N) is 5. The molecule has 2 fully saturated rings. The summed E-state index contributed by atoms with van der Waals surface area (Å²) in [5, 5.41) is 17.0. The summed E-state index contributed by atoms with van der Waals surface area (Å²) in [5.41, 5.74) is 2.61. The van der Waals surface area contributed by atoms with Crippen molar-refractivity contribution in [1.82, 2.24) is 24.9 Å². The Balaban J connectivity index is 1.42. The maximum Gasteiger partial charge on any atom is 0.256 e. The standard InChI is InChI=1S/C23H27FN6O2/c1-14-18(11-15(24)12-25-14)20-3-2-9-29(20)21-8-10-30-22(28-21)19(13-26-30)23(32)27-16-4-6-17(31)7-5-16/h8,10-13,16-17,20,31H,2-7,9H2,1H3,(H,27,32)/t16-,17+,20?. The molecule has 1 saturated heterocycles. The predicted molar refractivity (Wildman–Crippen MR) is 117 cm³/mol. The molecule has 0 radical (unpaired) electrons. The average molecular weight is 439 g/mol. The van der Waals surface area contributed by atoms with Crippen molar-refractivity contribution in [2.24, 2.45) is 0 Å². The molecule has 0 aromatic carbocycles. The van der Waals surface area contributed by atoms with Crippen LogP contribution in [0.25, 0.3) is 5.65 Å². The summed E-state index contributed by atoms with van der Waals surface area (Å²) >= 11 is 0. The van der Waals surface area contributed by atoms with Crippen molar-refractivity contribution in [3.63, 3.8) is 0 Å². The van der Waals surface area contributed by atoms with Crippen LogP contribution in [0.4, 0.5) is 10.2 Å². The number of aromatic nitrogens is 4. The Morgan fingerprint density at radius 1 is 1.22 bits per heavy atom. The summed E-state index contributed by atoms with van der Waals surface area (Å²) in [4.78, 5) is 24.1. The molecule has 1 aliphatic heterocycles. The van der Waals surface area contributed by atoms with Gasteiger partial charge in [-0.05, 0) is 63.1 Å². The van der Waals surface area contributed by atoms with E-state index in [-0.39, 0.29) is 29.9 Å². The van der Waals surface area contributed by atoms with Gasteiger partial charge in [0.25, 0.3) is 5.91 Å². The predicted octanol–water partition coefficient (Wildman–Crippen LogP) is 2.95. The molecule has 0 spiro atoms. The highest BCUT2D eigenvalue weighted by Crippen LogP contribution is 2.36. The van der Waals surface area contributed by atoms with Gasteiger partial charge in [0.15, 0.2) is 5.65 Å². The summed E-state index contributed by atoms with van der Waals surface area (Å²) in [5.74, 6) is 0.194. The first-order valence-corrected chi connectivity index (χ1v) is 11.2. The van der Waals surface area contributed by atoms with Gasteiger partial charge < -0.3 is 15.3 Å². The van der Waals surface area contributed by atoms with E-state index in [0.29, 0.717) is 24.1 Å². The Bertz CT molecular complexity index is 1140. The van der Waals surface area contributed by atoms with Gasteiger partial charge in [-0.3, -0.25) is 9.78 Å². The fraction of sp³-hybridized carbons (Fsp3) is 0.478. The maximum absolute atomic E-state index is 13.9. The number of nitrogens with one attached hydrogen (secondary N) is 1. The highest BCUT2D eigenvalue weighted by molar-refractivity contribution is 5.99. The number of aryl methyl sites for hydroxylation is 1. The van der Waals surface area contributed by atoms with E-state index in [1.54, 1.807) is 23.0 Å². The molecule has 3 aromatic rings. The number of fused-ring (bicyclic) bond motifs is 1. The Morgan fingerprint density at radius 2 is 2.03 bits per heavy atom. The van der Waals surface area contributed by atoms with E-state index >= 15 is 0 Å². The van der Waals surface area contributed by atoms with Gasteiger partial charge in [-0.25, -0.2) is 13.9 Å². The smallest absolute Gasteiger partial charge is 0.256 e. The van der Waals surface area contributed by atoms with Crippen LogP contribution in [0.3, 0.4) is 0 Å². The second-order valence-corrected chi connectivity index (χ2v) is 8.77. The quantitative estimate of drug-likeness (QED) is 0.650. The minimum Gasteiger partial charge on any atom is -0.393 e. The van der Waals surface area contributed by atoms with Crippen molar-refractivity contribution in [1.29, 1.82) is 0 Å². The number of pyridine rings is 1. The fourth-order valence-corrected chi connectivity index (χ4v) is 4.89. The van der Waals surface area contributed by atoms with Crippen molar-refractivity contribution >= 4 is 17.4 Å². The molecular formula is C23H27FN6O2. The first-order valence-electron chi connectivity index (χ1n) is 11.2. The van der Waals surface area contributed by atoms with Gasteiger partial charge in [-0.1, -0.05) is 0 Å². The number of hydrogen-bond acceptors (Lipinski definition) is 6. The molecule has 1 aliphatic carbocycles. The normalized spacial score (nSPS) is 23.6. The van der Waals surface area contributed by atoms with Gasteiger partial charge in [-0.15, -0.1) is 0 Å². The minimum absolute atomic E-state index is 0.0120. The highest BCUT2D eigenvalue weighted by atomic mass is 19.1. The van der Waals surface area contributed by atoms with Crippen molar-refractivity contribution < 1.29 is 14.3 Å². The van der Waals surface area contributed by atoms with Gasteiger partial charge in [0.1, 0.15) is 17.2 Å². The molecular weight excluding hydrogens is 411 g/mol. The van der Waals surface area contributed by atoms with Gasteiger partial charge in [0.05, 0.1) is 24.5 Å². The number of aliphatic hydroxyl groups is 1. The monoisotopic (exact) mass is 438 g/mol. The van der Waals surface area contributed by atoms with Crippen molar-refractivity contribution in [3.8, 4) is 0 Å². The summed E-state index contributed by atoms with van der Waals surface area (Å²) in [6.45, 7) is 2.69. The lowest BCUT2D eigenvalue weighted by Crippen LogP contribution is -2.38. The van der Waals surface area contributed by atoms with Crippen LogP contribution in [-0.2, 0) is 0 Å². The van der Waals surface area contributed by atoms with E-state index < -0.39 is 0 Å². The van der Waals surface area contributed by atoms with Gasteiger partial charge in [-0.2, -0.15) is 5.10 Å². The molecule has 1 amide bonds. The number of amides is 1. The van der Waals surface area contributed by atoms with E-state index in [1.165, 1.54) is 6.20 Å². The summed E-state index contributed by atoms with van der Waals surface area (Å²) < 4.78 is 15.5. The van der Waals surface area contributed by atoms with Crippen LogP contribution in [0.15, 0.2) is 30.7 Å². The minimum atomic E-state index is -0.342. The van der Waals surface area contributed by atoms with E-state index in [1.807, 2.05) is 13.0 Å². The first-order chi connectivity index (χ1) is 15.5. The van der Waals surface area contributed by atoms with E-state index in [9.17, 15) is 14.3 Å². The second kappa shape index (κ2) is 8.46. The molecule has 5 rings (SSSR count). The highest BCUT2D eigenvalue weighted by Gasteiger charge is 2.30. The number of halogens is 1. The van der Waals surface area contributed by atoms with Crippen molar-refractivity contribution in [2.45, 2.75) is 63.6 Å². The molecule has 1 atom stereocenters. The molecule has 3 aromatic heterocycles. The van der Waals surface area contributed by atoms with Crippen LogP contribution in [0.2, 0.25) is 0 Å². The molecule has 1 unspecified atom stereocenters. The largest absolute Gasteiger partial charge is 0.393 e. The summed E-state index contributed by atoms with van der Waals surface area (Å²) in [6, 6.07) is 3.48. The molecule has 32 heavy (non-hydrogen) atoms. The number of anilines is 1. The van der Waals surface area contributed by atoms with Gasteiger partial charge in [0.2, 0.25) is 0 Å². The summed E-state index contributed by atoms with van der Waals surface area (Å²) in [6.07, 6.45) is 9.11. The van der Waals surface area contributed by atoms with E-state index in [2.05, 4.69) is 20.3 Å². The van der Waals surface area contributed by atoms with E-state index in [4.69, 9.17) is 4.98 Å². The lowest BCUT2D eigenvalue weighted by Gasteiger charge is -2.27. The Hall–Kier alpha value is -3.07. The Labute approximate surface area is 185 Å². The zero-order chi connectivity index (χ0) is 22.2. The third-order valence-electron chi connectivity index (χ3n) is 6.63. The van der Waals surface area contributed by atoms with Crippen LogP contribution >= 0.6 is 0 Å². The van der Waals surface area contributed by atoms with E-state index in [0.717, 1.165) is 49.3 Å². The topological polar surface area (TPSA) is 95.7 Å². The SMILES string of the molecule is Cc1ncc(F)cc1C1CCCN1c1ccn2ncc(C(=O)N[C@H]3CC[C@@H](O)CC3)c2n1. The van der Waals surface area contributed by atoms with Gasteiger partial charge in [0, 0.05) is 24.5 Å². The number of rotatable bonds is 4. The first kappa shape index (κ1) is 20.8. The van der Waals surface area contributed by atoms with Crippen molar-refractivity contribution in [2.75, 3.05) is 11.4 Å². The number of carbonyl (C=O) groups excluding carboxylic acids is 1. The summed E-state index contributed by atoms with van der Waals surface area (Å²) in [7, 11) is 0. The maximum atomic E-state index is 13.9. The molecule has 168 valence electrons. The van der Waals surface area contributed by atoms with Crippen LogP contribution in [0, 0.1) is 12.7 Å². The number of carbonyl (C=O) groups is 1. The van der Waals surface area contributed by atoms with Gasteiger partial charge >= 0.3 is 0 Å². The molecule has 4 heterocycles. The zero-order valence-corrected chi connectivity index (χ0v) is 18.0.